The van der Waals surface area contributed by atoms with E-state index in [2.05, 4.69) is 10.6 Å². The number of benzene rings is 2. The van der Waals surface area contributed by atoms with Crippen LogP contribution in [0.4, 0.5) is 5.69 Å². The summed E-state index contributed by atoms with van der Waals surface area (Å²) in [6, 6.07) is 15.2. The van der Waals surface area contributed by atoms with Crippen molar-refractivity contribution in [2.24, 2.45) is 0 Å². The second-order valence-corrected chi connectivity index (χ2v) is 4.94. The number of anilines is 1. The van der Waals surface area contributed by atoms with E-state index < -0.39 is 0 Å². The van der Waals surface area contributed by atoms with Crippen molar-refractivity contribution in [3.05, 3.63) is 64.7 Å². The highest BCUT2D eigenvalue weighted by molar-refractivity contribution is 6.30. The smallest absolute Gasteiger partial charge is 0.253 e. The van der Waals surface area contributed by atoms with Gasteiger partial charge in [-0.2, -0.15) is 0 Å². The summed E-state index contributed by atoms with van der Waals surface area (Å²) in [5, 5.41) is 7.04. The lowest BCUT2D eigenvalue weighted by Gasteiger charge is -2.18. The van der Waals surface area contributed by atoms with Crippen LogP contribution in [0.2, 0.25) is 5.02 Å². The normalized spacial score (nSPS) is 17.9. The number of amides is 1. The summed E-state index contributed by atoms with van der Waals surface area (Å²) in [5.74, 6) is -0.0421. The van der Waals surface area contributed by atoms with Gasteiger partial charge < -0.3 is 10.6 Å². The summed E-state index contributed by atoms with van der Waals surface area (Å²) in [7, 11) is 0. The molecule has 2 aromatic carbocycles. The maximum absolute atomic E-state index is 12.0. The lowest BCUT2D eigenvalue weighted by molar-refractivity contribution is 0.0955. The highest BCUT2D eigenvalue weighted by Crippen LogP contribution is 2.25. The van der Waals surface area contributed by atoms with Gasteiger partial charge in [0.2, 0.25) is 0 Å². The minimum Gasteiger partial charge on any atom is -0.376 e. The summed E-state index contributed by atoms with van der Waals surface area (Å²) < 4.78 is 0. The van der Waals surface area contributed by atoms with Gasteiger partial charge in [0.25, 0.3) is 5.91 Å². The van der Waals surface area contributed by atoms with Crippen molar-refractivity contribution in [2.45, 2.75) is 6.04 Å². The summed E-state index contributed by atoms with van der Waals surface area (Å²) in [6.45, 7) is 0.551. The molecule has 1 unspecified atom stereocenters. The molecule has 1 heterocycles. The summed E-state index contributed by atoms with van der Waals surface area (Å²) in [5.41, 5.74) is 2.64. The van der Waals surface area contributed by atoms with Gasteiger partial charge >= 0.3 is 0 Å². The van der Waals surface area contributed by atoms with Crippen LogP contribution >= 0.6 is 11.6 Å². The Morgan fingerprint density at radius 3 is 2.58 bits per heavy atom. The van der Waals surface area contributed by atoms with Crippen LogP contribution in [0, 0.1) is 0 Å². The van der Waals surface area contributed by atoms with Crippen molar-refractivity contribution < 1.29 is 4.79 Å². The molecule has 2 aromatic rings. The van der Waals surface area contributed by atoms with Crippen molar-refractivity contribution in [2.75, 3.05) is 11.9 Å². The first-order valence-corrected chi connectivity index (χ1v) is 6.51. The Bertz CT molecular complexity index is 610. The molecule has 4 heteroatoms. The topological polar surface area (TPSA) is 41.1 Å². The predicted molar refractivity (Wildman–Crippen MR) is 76.6 cm³/mol. The van der Waals surface area contributed by atoms with Gasteiger partial charge in [-0.15, -0.1) is 0 Å². The predicted octanol–water partition coefficient (Wildman–Crippen LogP) is 3.24. The highest BCUT2D eigenvalue weighted by Gasteiger charge is 2.21. The van der Waals surface area contributed by atoms with Gasteiger partial charge in [-0.1, -0.05) is 35.9 Å². The van der Waals surface area contributed by atoms with Gasteiger partial charge in [-0.3, -0.25) is 4.79 Å². The molecular formula is C15H13ClN2O. The molecule has 0 saturated carbocycles. The molecule has 0 aliphatic carbocycles. The molecule has 96 valence electrons. The molecular weight excluding hydrogens is 260 g/mol. The van der Waals surface area contributed by atoms with E-state index in [-0.39, 0.29) is 11.9 Å². The van der Waals surface area contributed by atoms with E-state index in [1.807, 2.05) is 48.5 Å². The molecule has 1 aliphatic rings. The van der Waals surface area contributed by atoms with Crippen molar-refractivity contribution in [3.8, 4) is 0 Å². The number of rotatable bonds is 1. The second-order valence-electron chi connectivity index (χ2n) is 4.50. The Morgan fingerprint density at radius 2 is 1.79 bits per heavy atom. The Balaban J connectivity index is 1.94. The lowest BCUT2D eigenvalue weighted by Crippen LogP contribution is -2.27. The number of carbonyl (C=O) groups is 1. The molecule has 1 atom stereocenters. The third kappa shape index (κ3) is 2.42. The van der Waals surface area contributed by atoms with Crippen LogP contribution in [0.5, 0.6) is 0 Å². The van der Waals surface area contributed by atoms with E-state index in [1.54, 1.807) is 0 Å². The minimum absolute atomic E-state index is 0.0421. The molecule has 19 heavy (non-hydrogen) atoms. The van der Waals surface area contributed by atoms with Crippen LogP contribution in [0.25, 0.3) is 0 Å². The fourth-order valence-corrected chi connectivity index (χ4v) is 2.36. The van der Waals surface area contributed by atoms with E-state index in [0.717, 1.165) is 11.3 Å². The number of nitrogens with one attached hydrogen (secondary N) is 2. The SMILES string of the molecule is O=C1NCC(c2ccc(Cl)cc2)Nc2ccccc21. The van der Waals surface area contributed by atoms with Crippen molar-refractivity contribution in [1.29, 1.82) is 0 Å². The standard InChI is InChI=1S/C15H13ClN2O/c16-11-7-5-10(6-8-11)14-9-17-15(19)12-3-1-2-4-13(12)18-14/h1-8,14,18H,9H2,(H,17,19). The van der Waals surface area contributed by atoms with Gasteiger partial charge in [0.15, 0.2) is 0 Å². The number of carbonyl (C=O) groups excluding carboxylic acids is 1. The average molecular weight is 273 g/mol. The number of fused-ring (bicyclic) bond motifs is 1. The van der Waals surface area contributed by atoms with Crippen LogP contribution in [-0.2, 0) is 0 Å². The van der Waals surface area contributed by atoms with Gasteiger partial charge in [0.1, 0.15) is 0 Å². The molecule has 2 N–H and O–H groups in total. The number of hydrogen-bond donors (Lipinski definition) is 2. The molecule has 3 rings (SSSR count). The third-order valence-electron chi connectivity index (χ3n) is 3.24. The third-order valence-corrected chi connectivity index (χ3v) is 3.49. The zero-order chi connectivity index (χ0) is 13.2. The summed E-state index contributed by atoms with van der Waals surface area (Å²) >= 11 is 5.90. The Hall–Kier alpha value is -2.00. The molecule has 0 spiro atoms. The molecule has 3 nitrogen and oxygen atoms in total. The van der Waals surface area contributed by atoms with Crippen LogP contribution in [0.15, 0.2) is 48.5 Å². The number of hydrogen-bond acceptors (Lipinski definition) is 2. The van der Waals surface area contributed by atoms with Crippen molar-refractivity contribution in [1.82, 2.24) is 5.32 Å². The van der Waals surface area contributed by atoms with E-state index in [1.165, 1.54) is 0 Å². The highest BCUT2D eigenvalue weighted by atomic mass is 35.5. The summed E-state index contributed by atoms with van der Waals surface area (Å²) in [6.07, 6.45) is 0. The molecule has 0 saturated heterocycles. The zero-order valence-corrected chi connectivity index (χ0v) is 10.9. The van der Waals surface area contributed by atoms with Crippen molar-refractivity contribution >= 4 is 23.2 Å². The average Bonchev–Trinajstić information content (AvgIpc) is 2.60. The van der Waals surface area contributed by atoms with Gasteiger partial charge in [-0.05, 0) is 29.8 Å². The minimum atomic E-state index is -0.0421. The van der Waals surface area contributed by atoms with Crippen molar-refractivity contribution in [3.63, 3.8) is 0 Å². The monoisotopic (exact) mass is 272 g/mol. The quantitative estimate of drug-likeness (QED) is 0.837. The maximum Gasteiger partial charge on any atom is 0.253 e. The largest absolute Gasteiger partial charge is 0.376 e. The molecule has 1 aliphatic heterocycles. The fourth-order valence-electron chi connectivity index (χ4n) is 2.23. The number of para-hydroxylation sites is 1. The van der Waals surface area contributed by atoms with Crippen LogP contribution in [0.3, 0.4) is 0 Å². The zero-order valence-electron chi connectivity index (χ0n) is 10.2. The van der Waals surface area contributed by atoms with Crippen LogP contribution in [-0.4, -0.2) is 12.5 Å². The molecule has 0 fully saturated rings. The second kappa shape index (κ2) is 4.94. The van der Waals surface area contributed by atoms with E-state index in [4.69, 9.17) is 11.6 Å². The van der Waals surface area contributed by atoms with Crippen LogP contribution in [0.1, 0.15) is 22.0 Å². The fraction of sp³-hybridized carbons (Fsp3) is 0.133. The lowest BCUT2D eigenvalue weighted by atomic mass is 10.1. The first-order valence-electron chi connectivity index (χ1n) is 6.13. The molecule has 0 bridgehead atoms. The van der Waals surface area contributed by atoms with Gasteiger partial charge in [-0.25, -0.2) is 0 Å². The van der Waals surface area contributed by atoms with E-state index in [0.29, 0.717) is 17.1 Å². The van der Waals surface area contributed by atoms with Crippen LogP contribution < -0.4 is 10.6 Å². The van der Waals surface area contributed by atoms with E-state index >= 15 is 0 Å². The molecule has 0 radical (unpaired) electrons. The van der Waals surface area contributed by atoms with Gasteiger partial charge in [0, 0.05) is 17.3 Å². The molecule has 0 aromatic heterocycles. The molecule has 1 amide bonds. The summed E-state index contributed by atoms with van der Waals surface area (Å²) in [4.78, 5) is 12.0. The first kappa shape index (κ1) is 12.1. The Kier molecular flexibility index (Phi) is 3.13. The number of halogens is 1. The first-order chi connectivity index (χ1) is 9.24. The Labute approximate surface area is 116 Å². The van der Waals surface area contributed by atoms with E-state index in [9.17, 15) is 4.79 Å². The Morgan fingerprint density at radius 1 is 1.05 bits per heavy atom. The maximum atomic E-state index is 12.0. The van der Waals surface area contributed by atoms with Gasteiger partial charge in [0.05, 0.1) is 11.6 Å².